The maximum atomic E-state index is 11.7. The number of hydrogen-bond acceptors (Lipinski definition) is 2. The lowest BCUT2D eigenvalue weighted by molar-refractivity contribution is -0.116. The van der Waals surface area contributed by atoms with Crippen molar-refractivity contribution in [2.75, 3.05) is 0 Å². The fourth-order valence-corrected chi connectivity index (χ4v) is 6.40. The first-order valence-corrected chi connectivity index (χ1v) is 8.98. The van der Waals surface area contributed by atoms with Gasteiger partial charge in [0.2, 0.25) is 0 Å². The SMILES string of the molecule is C[C@]12CC[C@@H]3[C@@H](CCC4=CC(=O)CC[C@@H]43)[C@@H]1CC[C@H](O)C2. The van der Waals surface area contributed by atoms with E-state index in [1.165, 1.54) is 31.3 Å². The van der Waals surface area contributed by atoms with Crippen LogP contribution in [0.5, 0.6) is 0 Å². The number of hydrogen-bond donors (Lipinski definition) is 1. The second kappa shape index (κ2) is 4.94. The summed E-state index contributed by atoms with van der Waals surface area (Å²) < 4.78 is 0. The van der Waals surface area contributed by atoms with Gasteiger partial charge in [-0.05, 0) is 86.5 Å². The maximum absolute atomic E-state index is 11.7. The van der Waals surface area contributed by atoms with Crippen molar-refractivity contribution in [3.05, 3.63) is 11.6 Å². The molecule has 21 heavy (non-hydrogen) atoms. The first kappa shape index (κ1) is 14.0. The van der Waals surface area contributed by atoms with E-state index in [1.54, 1.807) is 0 Å². The minimum atomic E-state index is -0.0610. The van der Waals surface area contributed by atoms with Crippen molar-refractivity contribution in [2.24, 2.45) is 29.1 Å². The molecule has 4 rings (SSSR count). The largest absolute Gasteiger partial charge is 0.393 e. The zero-order valence-electron chi connectivity index (χ0n) is 13.2. The van der Waals surface area contributed by atoms with Gasteiger partial charge in [-0.3, -0.25) is 4.79 Å². The predicted octanol–water partition coefficient (Wildman–Crippen LogP) is 3.88. The molecule has 0 saturated heterocycles. The molecule has 116 valence electrons. The third-order valence-corrected chi connectivity index (χ3v) is 7.33. The first-order valence-electron chi connectivity index (χ1n) is 8.98. The summed E-state index contributed by atoms with van der Waals surface area (Å²) in [5, 5.41) is 10.1. The molecule has 0 aromatic heterocycles. The highest BCUT2D eigenvalue weighted by molar-refractivity contribution is 5.91. The van der Waals surface area contributed by atoms with Gasteiger partial charge in [0.05, 0.1) is 6.10 Å². The van der Waals surface area contributed by atoms with Crippen LogP contribution in [0.25, 0.3) is 0 Å². The van der Waals surface area contributed by atoms with Gasteiger partial charge in [0.15, 0.2) is 5.78 Å². The number of fused-ring (bicyclic) bond motifs is 5. The second-order valence-electron chi connectivity index (χ2n) is 8.43. The Morgan fingerprint density at radius 3 is 2.81 bits per heavy atom. The summed E-state index contributed by atoms with van der Waals surface area (Å²) in [5.41, 5.74) is 1.86. The zero-order valence-corrected chi connectivity index (χ0v) is 13.2. The third kappa shape index (κ3) is 2.21. The normalized spacial score (nSPS) is 49.7. The summed E-state index contributed by atoms with van der Waals surface area (Å²) in [5.74, 6) is 3.57. The average Bonchev–Trinajstić information content (AvgIpc) is 2.45. The van der Waals surface area contributed by atoms with Gasteiger partial charge < -0.3 is 5.11 Å². The molecule has 0 radical (unpaired) electrons. The molecule has 0 aromatic carbocycles. The molecule has 0 bridgehead atoms. The van der Waals surface area contributed by atoms with Crippen LogP contribution < -0.4 is 0 Å². The highest BCUT2D eigenvalue weighted by Crippen LogP contribution is 2.60. The van der Waals surface area contributed by atoms with E-state index in [-0.39, 0.29) is 6.10 Å². The van der Waals surface area contributed by atoms with Crippen LogP contribution in [0.15, 0.2) is 11.6 Å². The Bertz CT molecular complexity index is 480. The molecule has 2 heteroatoms. The highest BCUT2D eigenvalue weighted by atomic mass is 16.3. The van der Waals surface area contributed by atoms with E-state index in [1.807, 2.05) is 6.08 Å². The van der Waals surface area contributed by atoms with Crippen LogP contribution in [-0.2, 0) is 4.79 Å². The van der Waals surface area contributed by atoms with Gasteiger partial charge in [-0.1, -0.05) is 12.5 Å². The lowest BCUT2D eigenvalue weighted by Crippen LogP contribution is -2.50. The van der Waals surface area contributed by atoms with Gasteiger partial charge in [0.25, 0.3) is 0 Å². The smallest absolute Gasteiger partial charge is 0.155 e. The fraction of sp³-hybridized carbons (Fsp3) is 0.842. The molecule has 4 aliphatic rings. The predicted molar refractivity (Wildman–Crippen MR) is 82.7 cm³/mol. The van der Waals surface area contributed by atoms with Crippen LogP contribution >= 0.6 is 0 Å². The topological polar surface area (TPSA) is 37.3 Å². The quantitative estimate of drug-likeness (QED) is 0.734. The van der Waals surface area contributed by atoms with Crippen molar-refractivity contribution in [1.82, 2.24) is 0 Å². The van der Waals surface area contributed by atoms with Crippen LogP contribution in [0.3, 0.4) is 0 Å². The van der Waals surface area contributed by atoms with E-state index >= 15 is 0 Å². The van der Waals surface area contributed by atoms with Gasteiger partial charge in [0.1, 0.15) is 0 Å². The Hall–Kier alpha value is -0.630. The molecule has 0 amide bonds. The van der Waals surface area contributed by atoms with E-state index in [4.69, 9.17) is 0 Å². The van der Waals surface area contributed by atoms with Crippen LogP contribution in [0.2, 0.25) is 0 Å². The molecule has 6 atom stereocenters. The third-order valence-electron chi connectivity index (χ3n) is 7.33. The van der Waals surface area contributed by atoms with Crippen molar-refractivity contribution in [3.8, 4) is 0 Å². The molecule has 0 aliphatic heterocycles. The van der Waals surface area contributed by atoms with E-state index in [2.05, 4.69) is 6.92 Å². The van der Waals surface area contributed by atoms with Gasteiger partial charge >= 0.3 is 0 Å². The molecule has 0 unspecified atom stereocenters. The van der Waals surface area contributed by atoms with E-state index in [0.717, 1.165) is 49.9 Å². The lowest BCUT2D eigenvalue weighted by atomic mass is 9.48. The average molecular weight is 288 g/mol. The lowest BCUT2D eigenvalue weighted by Gasteiger charge is -2.57. The Morgan fingerprint density at radius 2 is 1.95 bits per heavy atom. The highest BCUT2D eigenvalue weighted by Gasteiger charge is 2.52. The van der Waals surface area contributed by atoms with Gasteiger partial charge in [-0.25, -0.2) is 0 Å². The monoisotopic (exact) mass is 288 g/mol. The molecule has 2 nitrogen and oxygen atoms in total. The summed E-state index contributed by atoms with van der Waals surface area (Å²) in [6.45, 7) is 2.44. The van der Waals surface area contributed by atoms with Gasteiger partial charge in [0, 0.05) is 6.42 Å². The van der Waals surface area contributed by atoms with Crippen LogP contribution in [0.4, 0.5) is 0 Å². The van der Waals surface area contributed by atoms with E-state index < -0.39 is 0 Å². The minimum Gasteiger partial charge on any atom is -0.393 e. The molecule has 1 N–H and O–H groups in total. The molecular weight excluding hydrogens is 260 g/mol. The molecule has 4 aliphatic carbocycles. The molecule has 0 spiro atoms. The molecule has 3 saturated carbocycles. The zero-order chi connectivity index (χ0) is 14.6. The number of ketones is 1. The molecular formula is C19H28O2. The maximum Gasteiger partial charge on any atom is 0.155 e. The molecule has 0 aromatic rings. The van der Waals surface area contributed by atoms with Crippen molar-refractivity contribution in [2.45, 2.75) is 70.8 Å². The van der Waals surface area contributed by atoms with Crippen molar-refractivity contribution in [1.29, 1.82) is 0 Å². The molecule has 3 fully saturated rings. The van der Waals surface area contributed by atoms with Gasteiger partial charge in [-0.2, -0.15) is 0 Å². The van der Waals surface area contributed by atoms with E-state index in [9.17, 15) is 9.90 Å². The number of carbonyl (C=O) groups excluding carboxylic acids is 1. The summed E-state index contributed by atoms with van der Waals surface area (Å²) in [4.78, 5) is 11.7. The molecule has 0 heterocycles. The standard InChI is InChI=1S/C19H28O2/c1-19-9-8-16-15-6-3-13(20)10-12(15)2-5-17(16)18(19)7-4-14(21)11-19/h10,14-18,21H,2-9,11H2,1H3/t14-,15-,16-,17+,18-,19+/m0/s1. The van der Waals surface area contributed by atoms with Crippen LogP contribution in [0, 0.1) is 29.1 Å². The minimum absolute atomic E-state index is 0.0610. The summed E-state index contributed by atoms with van der Waals surface area (Å²) in [6, 6.07) is 0. The van der Waals surface area contributed by atoms with Crippen molar-refractivity contribution < 1.29 is 9.90 Å². The number of aliphatic hydroxyl groups is 1. The van der Waals surface area contributed by atoms with Crippen molar-refractivity contribution >= 4 is 5.78 Å². The van der Waals surface area contributed by atoms with Crippen LogP contribution in [0.1, 0.15) is 64.7 Å². The second-order valence-corrected chi connectivity index (χ2v) is 8.43. The number of carbonyl (C=O) groups is 1. The Labute approximate surface area is 128 Å². The van der Waals surface area contributed by atoms with Crippen LogP contribution in [-0.4, -0.2) is 17.0 Å². The Balaban J connectivity index is 1.60. The number of aliphatic hydroxyl groups excluding tert-OH is 1. The Morgan fingerprint density at radius 1 is 1.10 bits per heavy atom. The number of rotatable bonds is 0. The summed E-state index contributed by atoms with van der Waals surface area (Å²) in [6.07, 6.45) is 12.1. The fourth-order valence-electron chi connectivity index (χ4n) is 6.40. The van der Waals surface area contributed by atoms with Gasteiger partial charge in [-0.15, -0.1) is 0 Å². The van der Waals surface area contributed by atoms with E-state index in [0.29, 0.717) is 17.1 Å². The number of allylic oxidation sites excluding steroid dienone is 2. The van der Waals surface area contributed by atoms with Crippen molar-refractivity contribution in [3.63, 3.8) is 0 Å². The summed E-state index contributed by atoms with van der Waals surface area (Å²) in [7, 11) is 0. The first-order chi connectivity index (χ1) is 10.1. The Kier molecular flexibility index (Phi) is 3.29. The summed E-state index contributed by atoms with van der Waals surface area (Å²) >= 11 is 0.